The zero-order chi connectivity index (χ0) is 21.6. The lowest BCUT2D eigenvalue weighted by atomic mass is 10.1. The van der Waals surface area contributed by atoms with Crippen molar-refractivity contribution in [3.05, 3.63) is 88.9 Å². The number of furan rings is 1. The van der Waals surface area contributed by atoms with Crippen LogP contribution in [0.15, 0.2) is 71.3 Å². The number of pyridine rings is 1. The number of amides is 1. The van der Waals surface area contributed by atoms with Crippen molar-refractivity contribution in [3.8, 4) is 5.75 Å². The third kappa shape index (κ3) is 5.05. The monoisotopic (exact) mass is 435 g/mol. The van der Waals surface area contributed by atoms with Crippen molar-refractivity contribution in [2.45, 2.75) is 13.0 Å². The molecule has 0 aliphatic rings. The fourth-order valence-corrected chi connectivity index (χ4v) is 3.42. The summed E-state index contributed by atoms with van der Waals surface area (Å²) in [5, 5.41) is 7.69. The minimum atomic E-state index is -0.338. The first kappa shape index (κ1) is 20.9. The Morgan fingerprint density at radius 1 is 1.13 bits per heavy atom. The van der Waals surface area contributed by atoms with E-state index >= 15 is 0 Å². The number of fused-ring (bicyclic) bond motifs is 1. The smallest absolute Gasteiger partial charge is 0.291 e. The number of methoxy groups -OCH3 is 1. The molecule has 0 saturated heterocycles. The van der Waals surface area contributed by atoms with E-state index in [0.29, 0.717) is 28.6 Å². The second kappa shape index (κ2) is 9.64. The number of hydrogen-bond acceptors (Lipinski definition) is 5. The lowest BCUT2D eigenvalue weighted by Gasteiger charge is -2.07. The first-order valence-electron chi connectivity index (χ1n) is 9.91. The molecule has 0 atom stereocenters. The molecule has 6 nitrogen and oxygen atoms in total. The topological polar surface area (TPSA) is 76.4 Å². The van der Waals surface area contributed by atoms with Crippen molar-refractivity contribution in [1.29, 1.82) is 0 Å². The zero-order valence-electron chi connectivity index (χ0n) is 17.0. The molecule has 0 unspecified atom stereocenters. The Kier molecular flexibility index (Phi) is 6.50. The van der Waals surface area contributed by atoms with Gasteiger partial charge in [-0.3, -0.25) is 9.78 Å². The van der Waals surface area contributed by atoms with Gasteiger partial charge in [-0.05, 0) is 54.1 Å². The van der Waals surface area contributed by atoms with E-state index in [1.54, 1.807) is 43.6 Å². The van der Waals surface area contributed by atoms with Crippen LogP contribution in [0.25, 0.3) is 11.0 Å². The Bertz CT molecular complexity index is 1170. The maximum atomic E-state index is 12.7. The van der Waals surface area contributed by atoms with E-state index in [-0.39, 0.29) is 11.7 Å². The van der Waals surface area contributed by atoms with Crippen molar-refractivity contribution < 1.29 is 13.9 Å². The zero-order valence-corrected chi connectivity index (χ0v) is 17.8. The van der Waals surface area contributed by atoms with Gasteiger partial charge < -0.3 is 19.8 Å². The van der Waals surface area contributed by atoms with E-state index in [9.17, 15) is 4.79 Å². The summed E-state index contributed by atoms with van der Waals surface area (Å²) in [5.74, 6) is 0.455. The largest absolute Gasteiger partial charge is 0.493 e. The second-order valence-corrected chi connectivity index (χ2v) is 7.43. The van der Waals surface area contributed by atoms with E-state index in [0.717, 1.165) is 29.6 Å². The molecule has 158 valence electrons. The average molecular weight is 436 g/mol. The lowest BCUT2D eigenvalue weighted by molar-refractivity contribution is 0.0998. The fourth-order valence-electron chi connectivity index (χ4n) is 3.29. The third-order valence-electron chi connectivity index (χ3n) is 4.88. The Labute approximate surface area is 185 Å². The second-order valence-electron chi connectivity index (χ2n) is 6.99. The molecular weight excluding hydrogens is 414 g/mol. The molecule has 0 radical (unpaired) electrons. The normalized spacial score (nSPS) is 10.9. The summed E-state index contributed by atoms with van der Waals surface area (Å²) < 4.78 is 11.3. The van der Waals surface area contributed by atoms with Crippen molar-refractivity contribution in [3.63, 3.8) is 0 Å². The molecule has 2 N–H and O–H groups in total. The fraction of sp³-hybridized carbons (Fsp3) is 0.167. The van der Waals surface area contributed by atoms with Crippen molar-refractivity contribution in [1.82, 2.24) is 10.3 Å². The Morgan fingerprint density at radius 2 is 1.97 bits per heavy atom. The van der Waals surface area contributed by atoms with Crippen LogP contribution >= 0.6 is 11.6 Å². The average Bonchev–Trinajstić information content (AvgIpc) is 3.25. The van der Waals surface area contributed by atoms with Crippen molar-refractivity contribution in [2.24, 2.45) is 0 Å². The lowest BCUT2D eigenvalue weighted by Crippen LogP contribution is -2.17. The Morgan fingerprint density at radius 3 is 2.71 bits per heavy atom. The molecule has 0 fully saturated rings. The molecule has 0 spiro atoms. The van der Waals surface area contributed by atoms with Crippen LogP contribution in [0.5, 0.6) is 5.75 Å². The number of nitrogens with zero attached hydrogens (tertiary/aromatic N) is 1. The van der Waals surface area contributed by atoms with Gasteiger partial charge in [0.1, 0.15) is 0 Å². The molecule has 2 aromatic heterocycles. The van der Waals surface area contributed by atoms with Crippen LogP contribution in [-0.2, 0) is 13.0 Å². The number of hydrogen-bond donors (Lipinski definition) is 2. The van der Waals surface area contributed by atoms with Crippen LogP contribution in [0, 0.1) is 0 Å². The summed E-state index contributed by atoms with van der Waals surface area (Å²) in [6, 6.07) is 18.4. The first-order chi connectivity index (χ1) is 15.1. The van der Waals surface area contributed by atoms with E-state index in [4.69, 9.17) is 20.8 Å². The van der Waals surface area contributed by atoms with Gasteiger partial charge in [-0.1, -0.05) is 23.7 Å². The Balaban J connectivity index is 1.49. The van der Waals surface area contributed by atoms with Gasteiger partial charge in [0.25, 0.3) is 5.91 Å². The summed E-state index contributed by atoms with van der Waals surface area (Å²) >= 11 is 5.90. The summed E-state index contributed by atoms with van der Waals surface area (Å²) in [5.41, 5.74) is 3.25. The molecule has 0 bridgehead atoms. The molecule has 7 heteroatoms. The number of anilines is 1. The maximum absolute atomic E-state index is 12.7. The molecule has 2 heterocycles. The number of benzene rings is 2. The predicted octanol–water partition coefficient (Wildman–Crippen LogP) is 5.07. The van der Waals surface area contributed by atoms with Gasteiger partial charge in [0.15, 0.2) is 17.1 Å². The number of halogens is 1. The number of rotatable bonds is 8. The van der Waals surface area contributed by atoms with Gasteiger partial charge in [0.05, 0.1) is 7.11 Å². The van der Waals surface area contributed by atoms with Gasteiger partial charge in [0.2, 0.25) is 0 Å². The summed E-state index contributed by atoms with van der Waals surface area (Å²) in [6.07, 6.45) is 2.63. The number of aromatic nitrogens is 1. The number of nitrogens with one attached hydrogen (secondary N) is 2. The van der Waals surface area contributed by atoms with Gasteiger partial charge >= 0.3 is 0 Å². The molecule has 0 aliphatic heterocycles. The van der Waals surface area contributed by atoms with Gasteiger partial charge in [-0.2, -0.15) is 0 Å². The quantitative estimate of drug-likeness (QED) is 0.378. The highest BCUT2D eigenvalue weighted by Gasteiger charge is 2.17. The maximum Gasteiger partial charge on any atom is 0.291 e. The van der Waals surface area contributed by atoms with Crippen molar-refractivity contribution >= 4 is 34.2 Å². The minimum Gasteiger partial charge on any atom is -0.493 e. The Hall–Kier alpha value is -3.35. The minimum absolute atomic E-state index is 0.212. The highest BCUT2D eigenvalue weighted by molar-refractivity contribution is 6.30. The van der Waals surface area contributed by atoms with E-state index in [1.807, 2.05) is 30.3 Å². The third-order valence-corrected chi connectivity index (χ3v) is 5.14. The van der Waals surface area contributed by atoms with Crippen LogP contribution in [-0.4, -0.2) is 24.5 Å². The van der Waals surface area contributed by atoms with Crippen molar-refractivity contribution in [2.75, 3.05) is 19.0 Å². The standard InChI is InChI=1S/C24H22ClN3O3/c1-30-21-10-5-16(15-26-13-11-18-4-2-3-12-27-18)20-14-22(31-23(20)21)24(29)28-19-8-6-17(25)7-9-19/h2-10,12,14,26H,11,13,15H2,1H3,(H,28,29). The summed E-state index contributed by atoms with van der Waals surface area (Å²) in [7, 11) is 1.58. The molecule has 0 saturated carbocycles. The molecular formula is C24H22ClN3O3. The molecule has 2 aromatic carbocycles. The van der Waals surface area contributed by atoms with Crippen LogP contribution in [0.3, 0.4) is 0 Å². The van der Waals surface area contributed by atoms with Crippen LogP contribution in [0.2, 0.25) is 5.02 Å². The SMILES string of the molecule is COc1ccc(CNCCc2ccccn2)c2cc(C(=O)Nc3ccc(Cl)cc3)oc12. The first-order valence-corrected chi connectivity index (χ1v) is 10.3. The van der Waals surface area contributed by atoms with Gasteiger partial charge in [-0.25, -0.2) is 0 Å². The highest BCUT2D eigenvalue weighted by atomic mass is 35.5. The predicted molar refractivity (Wildman–Crippen MR) is 122 cm³/mol. The van der Waals surface area contributed by atoms with Gasteiger partial charge in [-0.15, -0.1) is 0 Å². The van der Waals surface area contributed by atoms with E-state index < -0.39 is 0 Å². The van der Waals surface area contributed by atoms with E-state index in [2.05, 4.69) is 15.6 Å². The number of ether oxygens (including phenoxy) is 1. The van der Waals surface area contributed by atoms with Crippen LogP contribution in [0.1, 0.15) is 21.8 Å². The molecule has 1 amide bonds. The summed E-state index contributed by atoms with van der Waals surface area (Å²) in [4.78, 5) is 17.0. The number of carbonyl (C=O) groups excluding carboxylic acids is 1. The van der Waals surface area contributed by atoms with Crippen LogP contribution < -0.4 is 15.4 Å². The van der Waals surface area contributed by atoms with Crippen LogP contribution in [0.4, 0.5) is 5.69 Å². The number of carbonyl (C=O) groups is 1. The van der Waals surface area contributed by atoms with E-state index in [1.165, 1.54) is 0 Å². The molecule has 4 rings (SSSR count). The summed E-state index contributed by atoms with van der Waals surface area (Å²) in [6.45, 7) is 1.41. The molecule has 4 aromatic rings. The molecule has 0 aliphatic carbocycles. The highest BCUT2D eigenvalue weighted by Crippen LogP contribution is 2.32. The van der Waals surface area contributed by atoms with Gasteiger partial charge in [0, 0.05) is 47.5 Å². The molecule has 31 heavy (non-hydrogen) atoms.